The van der Waals surface area contributed by atoms with Gasteiger partial charge >= 0.3 is 6.98 Å². The average molecular weight is 283 g/mol. The third-order valence-corrected chi connectivity index (χ3v) is 3.04. The number of halogens is 3. The first-order valence-electron chi connectivity index (χ1n) is 6.35. The first kappa shape index (κ1) is 14.5. The van der Waals surface area contributed by atoms with Gasteiger partial charge in [0, 0.05) is 7.05 Å². The predicted octanol–water partition coefficient (Wildman–Crippen LogP) is 2.62. The van der Waals surface area contributed by atoms with Crippen LogP contribution in [0.5, 0.6) is 5.75 Å². The molecule has 0 saturated heterocycles. The van der Waals surface area contributed by atoms with Gasteiger partial charge in [-0.15, -0.1) is 0 Å². The molecule has 0 N–H and O–H groups in total. The Morgan fingerprint density at radius 1 is 1.25 bits per heavy atom. The fraction of sp³-hybridized carbons (Fsp3) is 0.308. The van der Waals surface area contributed by atoms with Crippen molar-refractivity contribution in [3.63, 3.8) is 0 Å². The fourth-order valence-electron chi connectivity index (χ4n) is 1.91. The zero-order valence-corrected chi connectivity index (χ0v) is 11.3. The highest BCUT2D eigenvalue weighted by Gasteiger charge is 2.28. The van der Waals surface area contributed by atoms with Crippen LogP contribution < -0.4 is 10.2 Å². The van der Waals surface area contributed by atoms with Gasteiger partial charge in [-0.05, 0) is 18.6 Å². The summed E-state index contributed by atoms with van der Waals surface area (Å²) in [7, 11) is 1.75. The number of hydrogen-bond donors (Lipinski definition) is 0. The number of rotatable bonds is 5. The molecule has 0 saturated carbocycles. The molecular formula is C13H15BF3N2O-. The molecule has 0 radical (unpaired) electrons. The molecule has 0 aliphatic rings. The number of aromatic nitrogens is 2. The molecule has 1 heterocycles. The smallest absolute Gasteiger partial charge is 0.490 e. The maximum Gasteiger partial charge on any atom is 0.513 e. The number of benzene rings is 1. The maximum atomic E-state index is 12.9. The van der Waals surface area contributed by atoms with Crippen molar-refractivity contribution in [1.82, 2.24) is 9.78 Å². The van der Waals surface area contributed by atoms with E-state index in [4.69, 9.17) is 4.74 Å². The Kier molecular flexibility index (Phi) is 4.06. The Morgan fingerprint density at radius 3 is 2.55 bits per heavy atom. The summed E-state index contributed by atoms with van der Waals surface area (Å²) in [6, 6.07) is 7.09. The van der Waals surface area contributed by atoms with E-state index < -0.39 is 12.4 Å². The van der Waals surface area contributed by atoms with E-state index in [0.29, 0.717) is 0 Å². The monoisotopic (exact) mass is 283 g/mol. The van der Waals surface area contributed by atoms with E-state index in [2.05, 4.69) is 5.10 Å². The Balaban J connectivity index is 2.17. The summed E-state index contributed by atoms with van der Waals surface area (Å²) in [6.07, 6.45) is 0.774. The van der Waals surface area contributed by atoms with Crippen LogP contribution in [0.4, 0.5) is 12.9 Å². The molecule has 1 aromatic heterocycles. The van der Waals surface area contributed by atoms with Crippen molar-refractivity contribution < 1.29 is 17.7 Å². The van der Waals surface area contributed by atoms with E-state index in [1.165, 1.54) is 18.2 Å². The molecule has 7 heteroatoms. The van der Waals surface area contributed by atoms with Crippen LogP contribution in [0.1, 0.15) is 18.3 Å². The first-order chi connectivity index (χ1) is 9.41. The molecule has 0 aliphatic heterocycles. The summed E-state index contributed by atoms with van der Waals surface area (Å²) in [5.41, 5.74) is 0.927. The van der Waals surface area contributed by atoms with E-state index in [0.717, 1.165) is 23.9 Å². The van der Waals surface area contributed by atoms with Crippen molar-refractivity contribution in [3.8, 4) is 5.75 Å². The van der Waals surface area contributed by atoms with Crippen molar-refractivity contribution in [2.24, 2.45) is 7.05 Å². The van der Waals surface area contributed by atoms with Gasteiger partial charge in [-0.25, -0.2) is 0 Å². The number of nitrogens with zero attached hydrogens (tertiary/aromatic N) is 2. The third-order valence-electron chi connectivity index (χ3n) is 3.04. The highest BCUT2D eigenvalue weighted by Crippen LogP contribution is 2.18. The molecule has 1 aromatic carbocycles. The van der Waals surface area contributed by atoms with Gasteiger partial charge < -0.3 is 17.7 Å². The average Bonchev–Trinajstić information content (AvgIpc) is 2.76. The van der Waals surface area contributed by atoms with Crippen LogP contribution in [0.3, 0.4) is 0 Å². The highest BCUT2D eigenvalue weighted by molar-refractivity contribution is 6.74. The van der Waals surface area contributed by atoms with Gasteiger partial charge in [0.15, 0.2) is 0 Å². The Bertz CT molecular complexity index is 596. The number of ether oxygens (including phenoxy) is 1. The van der Waals surface area contributed by atoms with Crippen LogP contribution in [-0.2, 0) is 20.1 Å². The fourth-order valence-corrected chi connectivity index (χ4v) is 1.91. The topological polar surface area (TPSA) is 27.1 Å². The molecule has 0 fully saturated rings. The van der Waals surface area contributed by atoms with Crippen molar-refractivity contribution >= 4 is 12.4 Å². The van der Waals surface area contributed by atoms with Crippen molar-refractivity contribution in [3.05, 3.63) is 41.7 Å². The second kappa shape index (κ2) is 5.60. The lowest BCUT2D eigenvalue weighted by molar-refractivity contribution is 0.295. The predicted molar refractivity (Wildman–Crippen MR) is 72.1 cm³/mol. The minimum Gasteiger partial charge on any atom is -0.490 e. The minimum absolute atomic E-state index is 0.0622. The second-order valence-corrected chi connectivity index (χ2v) is 4.51. The molecule has 3 nitrogen and oxygen atoms in total. The summed E-state index contributed by atoms with van der Waals surface area (Å²) < 4.78 is 45.6. The maximum absolute atomic E-state index is 12.9. The summed E-state index contributed by atoms with van der Waals surface area (Å²) >= 11 is 0. The lowest BCUT2D eigenvalue weighted by Crippen LogP contribution is -2.35. The Labute approximate surface area is 115 Å². The van der Waals surface area contributed by atoms with Gasteiger partial charge in [0.2, 0.25) is 0 Å². The minimum atomic E-state index is -5.08. The molecular weight excluding hydrogens is 268 g/mol. The van der Waals surface area contributed by atoms with Crippen molar-refractivity contribution in [1.29, 1.82) is 0 Å². The molecule has 108 valence electrons. The van der Waals surface area contributed by atoms with Gasteiger partial charge in [-0.2, -0.15) is 5.10 Å². The molecule has 0 spiro atoms. The summed E-state index contributed by atoms with van der Waals surface area (Å²) in [5, 5.41) is 4.23. The normalized spacial score (nSPS) is 11.7. The molecule has 0 amide bonds. The number of para-hydroxylation sites is 1. The number of aryl methyl sites for hydroxylation is 2. The SMILES string of the molecule is CCc1cc(COc2ccccc2[B-](F)(F)F)n(C)n1. The van der Waals surface area contributed by atoms with Crippen LogP contribution in [-0.4, -0.2) is 16.8 Å². The van der Waals surface area contributed by atoms with Crippen LogP contribution >= 0.6 is 0 Å². The van der Waals surface area contributed by atoms with E-state index in [1.807, 2.05) is 13.0 Å². The van der Waals surface area contributed by atoms with Crippen LogP contribution in [0, 0.1) is 0 Å². The molecule has 2 rings (SSSR count). The molecule has 0 aliphatic carbocycles. The molecule has 0 unspecified atom stereocenters. The van der Waals surface area contributed by atoms with Gasteiger partial charge in [-0.3, -0.25) is 4.68 Å². The molecule has 0 bridgehead atoms. The van der Waals surface area contributed by atoms with Crippen LogP contribution in [0.15, 0.2) is 30.3 Å². The summed E-state index contributed by atoms with van der Waals surface area (Å²) in [5.74, 6) is -0.140. The lowest BCUT2D eigenvalue weighted by Gasteiger charge is -2.19. The summed E-state index contributed by atoms with van der Waals surface area (Å²) in [4.78, 5) is 0. The highest BCUT2D eigenvalue weighted by atomic mass is 19.4. The van der Waals surface area contributed by atoms with Gasteiger partial charge in [-0.1, -0.05) is 30.6 Å². The van der Waals surface area contributed by atoms with Crippen molar-refractivity contribution in [2.45, 2.75) is 20.0 Å². The van der Waals surface area contributed by atoms with Gasteiger partial charge in [0.1, 0.15) is 6.61 Å². The Hall–Kier alpha value is -1.92. The lowest BCUT2D eigenvalue weighted by atomic mass is 9.79. The zero-order valence-electron chi connectivity index (χ0n) is 11.3. The van der Waals surface area contributed by atoms with E-state index >= 15 is 0 Å². The standard InChI is InChI=1S/C13H15BF3N2O/c1-3-10-8-11(19(2)18-10)9-20-13-7-5-4-6-12(13)14(15,16)17/h4-8H,3,9H2,1-2H3/q-1. The van der Waals surface area contributed by atoms with E-state index in [9.17, 15) is 12.9 Å². The number of hydrogen-bond acceptors (Lipinski definition) is 2. The second-order valence-electron chi connectivity index (χ2n) is 4.51. The third kappa shape index (κ3) is 3.15. The van der Waals surface area contributed by atoms with E-state index in [1.54, 1.807) is 11.7 Å². The molecule has 0 atom stereocenters. The largest absolute Gasteiger partial charge is 0.513 e. The van der Waals surface area contributed by atoms with Crippen LogP contribution in [0.25, 0.3) is 0 Å². The van der Waals surface area contributed by atoms with Gasteiger partial charge in [0.25, 0.3) is 0 Å². The zero-order chi connectivity index (χ0) is 14.8. The quantitative estimate of drug-likeness (QED) is 0.789. The first-order valence-corrected chi connectivity index (χ1v) is 6.35. The Morgan fingerprint density at radius 2 is 1.95 bits per heavy atom. The van der Waals surface area contributed by atoms with Crippen LogP contribution in [0.2, 0.25) is 0 Å². The molecule has 20 heavy (non-hydrogen) atoms. The van der Waals surface area contributed by atoms with E-state index in [-0.39, 0.29) is 12.4 Å². The van der Waals surface area contributed by atoms with Crippen molar-refractivity contribution in [2.75, 3.05) is 0 Å². The van der Waals surface area contributed by atoms with Gasteiger partial charge in [0.05, 0.1) is 17.1 Å². The molecule has 2 aromatic rings. The summed E-state index contributed by atoms with van der Waals surface area (Å²) in [6.45, 7) is -3.05.